The third kappa shape index (κ3) is 3.73. The van der Waals surface area contributed by atoms with E-state index in [2.05, 4.69) is 17.6 Å². The Morgan fingerprint density at radius 2 is 1.89 bits per heavy atom. The number of para-hydroxylation sites is 2. The van der Waals surface area contributed by atoms with E-state index in [0.717, 1.165) is 12.0 Å². The fourth-order valence-electron chi connectivity index (χ4n) is 6.35. The molecule has 3 aliphatic rings. The molecule has 3 unspecified atom stereocenters. The zero-order chi connectivity index (χ0) is 25.8. The number of fused-ring (bicyclic) bond motifs is 1. The van der Waals surface area contributed by atoms with Crippen LogP contribution < -0.4 is 10.6 Å². The number of carbonyl (C=O) groups excluding carboxylic acids is 3. The minimum atomic E-state index is -0.840. The van der Waals surface area contributed by atoms with Crippen LogP contribution in [0.15, 0.2) is 48.5 Å². The molecular formula is C27H30ClN3O4S. The minimum Gasteiger partial charge on any atom is -0.394 e. The van der Waals surface area contributed by atoms with Gasteiger partial charge in [-0.05, 0) is 49.9 Å². The number of anilines is 2. The van der Waals surface area contributed by atoms with Crippen molar-refractivity contribution in [3.63, 3.8) is 0 Å². The molecule has 1 spiro atoms. The second kappa shape index (κ2) is 9.39. The predicted molar refractivity (Wildman–Crippen MR) is 142 cm³/mol. The number of thioether (sulfide) groups is 1. The molecule has 3 heterocycles. The van der Waals surface area contributed by atoms with Crippen molar-refractivity contribution in [3.8, 4) is 0 Å². The van der Waals surface area contributed by atoms with Gasteiger partial charge in [-0.25, -0.2) is 0 Å². The average molecular weight is 528 g/mol. The molecule has 0 radical (unpaired) electrons. The molecule has 2 bridgehead atoms. The number of hydrogen-bond donors (Lipinski definition) is 3. The lowest BCUT2D eigenvalue weighted by atomic mass is 9.66. The second-order valence-corrected chi connectivity index (χ2v) is 12.1. The van der Waals surface area contributed by atoms with Gasteiger partial charge in [0.2, 0.25) is 17.7 Å². The highest BCUT2D eigenvalue weighted by molar-refractivity contribution is 8.02. The number of aryl methyl sites for hydroxylation is 1. The van der Waals surface area contributed by atoms with Gasteiger partial charge in [0, 0.05) is 10.9 Å². The summed E-state index contributed by atoms with van der Waals surface area (Å²) in [5.74, 6) is -1.98. The number of aliphatic hydroxyl groups excluding tert-OH is 1. The average Bonchev–Trinajstić information content (AvgIpc) is 3.45. The zero-order valence-electron chi connectivity index (χ0n) is 20.4. The highest BCUT2D eigenvalue weighted by atomic mass is 35.5. The van der Waals surface area contributed by atoms with E-state index in [1.54, 1.807) is 24.8 Å². The van der Waals surface area contributed by atoms with Crippen LogP contribution in [0.25, 0.3) is 0 Å². The molecule has 3 saturated heterocycles. The molecule has 0 saturated carbocycles. The first-order valence-electron chi connectivity index (χ1n) is 12.2. The van der Waals surface area contributed by atoms with Crippen LogP contribution in [0.4, 0.5) is 11.4 Å². The summed E-state index contributed by atoms with van der Waals surface area (Å²) in [5.41, 5.74) is 2.00. The highest BCUT2D eigenvalue weighted by Crippen LogP contribution is 2.68. The summed E-state index contributed by atoms with van der Waals surface area (Å²) in [6, 6.07) is 13.2. The monoisotopic (exact) mass is 527 g/mol. The molecule has 5 rings (SSSR count). The molecule has 7 atom stereocenters. The molecule has 7 nitrogen and oxygen atoms in total. The number of carbonyl (C=O) groups is 3. The topological polar surface area (TPSA) is 98.7 Å². The first kappa shape index (κ1) is 25.1. The van der Waals surface area contributed by atoms with Gasteiger partial charge >= 0.3 is 0 Å². The van der Waals surface area contributed by atoms with Gasteiger partial charge in [-0.15, -0.1) is 11.8 Å². The molecular weight excluding hydrogens is 498 g/mol. The Morgan fingerprint density at radius 3 is 2.56 bits per heavy atom. The van der Waals surface area contributed by atoms with Crippen LogP contribution in [-0.4, -0.2) is 56.4 Å². The minimum absolute atomic E-state index is 0.0289. The fraction of sp³-hybridized carbons (Fsp3) is 0.444. The second-order valence-electron chi connectivity index (χ2n) is 10.1. The van der Waals surface area contributed by atoms with Crippen LogP contribution in [0.3, 0.4) is 0 Å². The van der Waals surface area contributed by atoms with E-state index in [1.807, 2.05) is 49.4 Å². The third-order valence-corrected chi connectivity index (χ3v) is 10.4. The van der Waals surface area contributed by atoms with Crippen LogP contribution in [0.1, 0.15) is 25.8 Å². The first-order chi connectivity index (χ1) is 17.2. The Labute approximate surface area is 220 Å². The van der Waals surface area contributed by atoms with Gasteiger partial charge in [-0.1, -0.05) is 48.9 Å². The van der Waals surface area contributed by atoms with Gasteiger partial charge in [0.15, 0.2) is 0 Å². The Bertz CT molecular complexity index is 1190. The van der Waals surface area contributed by atoms with E-state index >= 15 is 0 Å². The summed E-state index contributed by atoms with van der Waals surface area (Å²) >= 11 is 8.00. The quantitative estimate of drug-likeness (QED) is 0.528. The molecule has 3 amide bonds. The summed E-state index contributed by atoms with van der Waals surface area (Å²) in [6.07, 6.45) is 0.734. The predicted octanol–water partition coefficient (Wildman–Crippen LogP) is 3.94. The van der Waals surface area contributed by atoms with Gasteiger partial charge < -0.3 is 20.6 Å². The lowest BCUT2D eigenvalue weighted by Gasteiger charge is -2.39. The number of amides is 3. The maximum Gasteiger partial charge on any atom is 0.248 e. The van der Waals surface area contributed by atoms with Gasteiger partial charge in [0.1, 0.15) is 6.04 Å². The van der Waals surface area contributed by atoms with E-state index in [1.165, 1.54) is 4.90 Å². The van der Waals surface area contributed by atoms with Crippen molar-refractivity contribution >= 4 is 52.5 Å². The molecule has 3 aliphatic heterocycles. The summed E-state index contributed by atoms with van der Waals surface area (Å²) in [4.78, 5) is 43.0. The Kier molecular flexibility index (Phi) is 6.55. The molecule has 190 valence electrons. The summed E-state index contributed by atoms with van der Waals surface area (Å²) in [7, 11) is 0. The van der Waals surface area contributed by atoms with E-state index in [0.29, 0.717) is 16.4 Å². The number of hydrogen-bond acceptors (Lipinski definition) is 5. The van der Waals surface area contributed by atoms with Crippen molar-refractivity contribution in [1.82, 2.24) is 4.90 Å². The van der Waals surface area contributed by atoms with Crippen molar-refractivity contribution in [3.05, 3.63) is 59.1 Å². The van der Waals surface area contributed by atoms with Gasteiger partial charge in [0.25, 0.3) is 0 Å². The molecule has 0 aliphatic carbocycles. The number of likely N-dealkylation sites (tertiary alicyclic amines) is 1. The van der Waals surface area contributed by atoms with Crippen molar-refractivity contribution in [2.75, 3.05) is 17.2 Å². The first-order valence-corrected chi connectivity index (χ1v) is 13.5. The number of aliphatic hydroxyl groups is 1. The van der Waals surface area contributed by atoms with Crippen LogP contribution in [-0.2, 0) is 14.4 Å². The maximum absolute atomic E-state index is 14.0. The number of nitrogens with one attached hydrogen (secondary N) is 2. The molecule has 3 N–H and O–H groups in total. The van der Waals surface area contributed by atoms with Crippen molar-refractivity contribution in [1.29, 1.82) is 0 Å². The Hall–Kier alpha value is -2.55. The summed E-state index contributed by atoms with van der Waals surface area (Å²) in [6.45, 7) is 5.37. The van der Waals surface area contributed by atoms with Crippen LogP contribution in [0.5, 0.6) is 0 Å². The van der Waals surface area contributed by atoms with Crippen LogP contribution >= 0.6 is 23.4 Å². The highest BCUT2D eigenvalue weighted by Gasteiger charge is 2.76. The number of halogens is 1. The number of rotatable bonds is 6. The fourth-order valence-corrected chi connectivity index (χ4v) is 9.03. The molecule has 0 aromatic heterocycles. The van der Waals surface area contributed by atoms with Crippen molar-refractivity contribution < 1.29 is 19.5 Å². The maximum atomic E-state index is 14.0. The number of benzene rings is 2. The van der Waals surface area contributed by atoms with Crippen molar-refractivity contribution in [2.24, 2.45) is 17.8 Å². The molecule has 2 aromatic rings. The van der Waals surface area contributed by atoms with Gasteiger partial charge in [0.05, 0.1) is 39.9 Å². The third-order valence-electron chi connectivity index (χ3n) is 7.99. The Balaban J connectivity index is 1.54. The van der Waals surface area contributed by atoms with Crippen LogP contribution in [0.2, 0.25) is 5.02 Å². The summed E-state index contributed by atoms with van der Waals surface area (Å²) in [5, 5.41) is 16.3. The molecule has 9 heteroatoms. The molecule has 3 fully saturated rings. The lowest BCUT2D eigenvalue weighted by Crippen LogP contribution is -2.56. The van der Waals surface area contributed by atoms with E-state index in [9.17, 15) is 19.5 Å². The standard InChI is InChI=1S/C27H30ClN3O4S/c1-14-8-7-11-18(28)22(14)30-25(34)23-27-15(2)12-19(36-27)20(21(27)26(35)31(23)16(3)13-32)24(33)29-17-9-5-4-6-10-17/h4-11,15-16,19-21,23,32H,12-13H2,1-3H3,(H,29,33)(H,30,34)/t15?,16-,19+,20-,21+,23?,27?/m1/s1. The van der Waals surface area contributed by atoms with Crippen LogP contribution in [0, 0.1) is 24.7 Å². The zero-order valence-corrected chi connectivity index (χ0v) is 22.0. The lowest BCUT2D eigenvalue weighted by molar-refractivity contribution is -0.140. The van der Waals surface area contributed by atoms with E-state index in [4.69, 9.17) is 11.6 Å². The van der Waals surface area contributed by atoms with E-state index in [-0.39, 0.29) is 35.5 Å². The van der Waals surface area contributed by atoms with E-state index < -0.39 is 28.7 Å². The Morgan fingerprint density at radius 1 is 1.17 bits per heavy atom. The van der Waals surface area contributed by atoms with Gasteiger partial charge in [-0.3, -0.25) is 14.4 Å². The van der Waals surface area contributed by atoms with Crippen molar-refractivity contribution in [2.45, 2.75) is 49.3 Å². The summed E-state index contributed by atoms with van der Waals surface area (Å²) < 4.78 is -0.775. The molecule has 2 aromatic carbocycles. The normalized spacial score (nSPS) is 31.3. The molecule has 36 heavy (non-hydrogen) atoms. The smallest absolute Gasteiger partial charge is 0.248 e. The number of nitrogens with zero attached hydrogens (tertiary/aromatic N) is 1. The SMILES string of the molecule is Cc1cccc(Cl)c1NC(=O)C1N([C@H](C)CO)C(=O)[C@@H]2[C@H](C(=O)Nc3ccccc3)[C@@H]3CC(C)C12S3. The van der Waals surface area contributed by atoms with Gasteiger partial charge in [-0.2, -0.15) is 0 Å². The largest absolute Gasteiger partial charge is 0.394 e.